The first-order valence-corrected chi connectivity index (χ1v) is 7.27. The fourth-order valence-electron chi connectivity index (χ4n) is 1.98. The molecule has 0 aliphatic carbocycles. The number of aliphatic hydroxyl groups excluding tert-OH is 1. The third-order valence-electron chi connectivity index (χ3n) is 2.85. The van der Waals surface area contributed by atoms with Crippen molar-refractivity contribution >= 4 is 32.8 Å². The van der Waals surface area contributed by atoms with Crippen molar-refractivity contribution in [3.05, 3.63) is 57.6 Å². The third kappa shape index (κ3) is 2.14. The normalized spacial score (nSPS) is 13.0. The predicted molar refractivity (Wildman–Crippen MR) is 74.8 cm³/mol. The molecule has 2 aromatic heterocycles. The third-order valence-corrected chi connectivity index (χ3v) is 4.83. The number of benzene rings is 1. The maximum Gasteiger partial charge on any atom is 0.0922 e. The van der Waals surface area contributed by atoms with Crippen LogP contribution >= 0.6 is 22.7 Å². The van der Waals surface area contributed by atoms with Crippen molar-refractivity contribution < 1.29 is 5.11 Å². The standard InChI is InChI=1S/C14H12OS2/c15-12(14-6-3-7-16-14)8-10-9-17-13-5-2-1-4-11(10)13/h1-7,9,12,15H,8H2. The molecule has 86 valence electrons. The van der Waals surface area contributed by atoms with E-state index in [0.717, 1.165) is 4.88 Å². The lowest BCUT2D eigenvalue weighted by molar-refractivity contribution is 0.183. The highest BCUT2D eigenvalue weighted by molar-refractivity contribution is 7.17. The summed E-state index contributed by atoms with van der Waals surface area (Å²) in [6.07, 6.45) is 0.317. The highest BCUT2D eigenvalue weighted by Gasteiger charge is 2.12. The van der Waals surface area contributed by atoms with Gasteiger partial charge in [0.1, 0.15) is 0 Å². The molecule has 0 radical (unpaired) electrons. The lowest BCUT2D eigenvalue weighted by Crippen LogP contribution is -1.98. The highest BCUT2D eigenvalue weighted by Crippen LogP contribution is 2.30. The van der Waals surface area contributed by atoms with E-state index in [1.807, 2.05) is 17.5 Å². The van der Waals surface area contributed by atoms with E-state index >= 15 is 0 Å². The summed E-state index contributed by atoms with van der Waals surface area (Å²) in [7, 11) is 0. The van der Waals surface area contributed by atoms with Crippen LogP contribution in [0.2, 0.25) is 0 Å². The van der Waals surface area contributed by atoms with Crippen LogP contribution in [-0.4, -0.2) is 5.11 Å². The first-order valence-electron chi connectivity index (χ1n) is 5.51. The first kappa shape index (κ1) is 11.0. The second-order valence-corrected chi connectivity index (χ2v) is 5.88. The van der Waals surface area contributed by atoms with Gasteiger partial charge in [0.15, 0.2) is 0 Å². The molecule has 2 heterocycles. The summed E-state index contributed by atoms with van der Waals surface area (Å²) in [5.41, 5.74) is 1.24. The first-order chi connectivity index (χ1) is 8.34. The lowest BCUT2D eigenvalue weighted by Gasteiger charge is -2.07. The average Bonchev–Trinajstić information content (AvgIpc) is 2.98. The van der Waals surface area contributed by atoms with Crippen LogP contribution in [0.3, 0.4) is 0 Å². The molecule has 3 aromatic rings. The van der Waals surface area contributed by atoms with Gasteiger partial charge in [0.25, 0.3) is 0 Å². The van der Waals surface area contributed by atoms with E-state index in [9.17, 15) is 5.11 Å². The molecule has 17 heavy (non-hydrogen) atoms. The summed E-state index contributed by atoms with van der Waals surface area (Å²) in [5.74, 6) is 0. The predicted octanol–water partition coefficient (Wildman–Crippen LogP) is 4.24. The number of hydrogen-bond acceptors (Lipinski definition) is 3. The number of aliphatic hydroxyl groups is 1. The van der Waals surface area contributed by atoms with Crippen molar-refractivity contribution in [3.63, 3.8) is 0 Å². The molecule has 3 rings (SSSR count). The Labute approximate surface area is 108 Å². The van der Waals surface area contributed by atoms with Crippen molar-refractivity contribution in [2.45, 2.75) is 12.5 Å². The zero-order chi connectivity index (χ0) is 11.7. The van der Waals surface area contributed by atoms with Crippen LogP contribution in [0.5, 0.6) is 0 Å². The number of fused-ring (bicyclic) bond motifs is 1. The summed E-state index contributed by atoms with van der Waals surface area (Å²) in [6, 6.07) is 12.3. The lowest BCUT2D eigenvalue weighted by atomic mass is 10.1. The minimum atomic E-state index is -0.381. The van der Waals surface area contributed by atoms with Gasteiger partial charge < -0.3 is 5.11 Å². The number of thiophene rings is 2. The van der Waals surface area contributed by atoms with Gasteiger partial charge in [-0.15, -0.1) is 22.7 Å². The fraction of sp³-hybridized carbons (Fsp3) is 0.143. The van der Waals surface area contributed by atoms with Gasteiger partial charge in [-0.25, -0.2) is 0 Å². The van der Waals surface area contributed by atoms with Crippen LogP contribution in [0.25, 0.3) is 10.1 Å². The second-order valence-electron chi connectivity index (χ2n) is 3.99. The zero-order valence-electron chi connectivity index (χ0n) is 9.17. The van der Waals surface area contributed by atoms with Crippen LogP contribution in [0.4, 0.5) is 0 Å². The van der Waals surface area contributed by atoms with Gasteiger partial charge in [-0.2, -0.15) is 0 Å². The minimum absolute atomic E-state index is 0.381. The van der Waals surface area contributed by atoms with Gasteiger partial charge in [0.05, 0.1) is 6.10 Å². The summed E-state index contributed by atoms with van der Waals surface area (Å²) < 4.78 is 1.29. The Morgan fingerprint density at radius 2 is 1.94 bits per heavy atom. The van der Waals surface area contributed by atoms with E-state index in [0.29, 0.717) is 6.42 Å². The molecular formula is C14H12OS2. The van der Waals surface area contributed by atoms with Crippen LogP contribution < -0.4 is 0 Å². The molecule has 1 aromatic carbocycles. The smallest absolute Gasteiger partial charge is 0.0922 e. The molecule has 0 amide bonds. The Morgan fingerprint density at radius 1 is 1.06 bits per heavy atom. The molecule has 0 aliphatic rings. The Hall–Kier alpha value is -1.16. The second kappa shape index (κ2) is 4.61. The van der Waals surface area contributed by atoms with Crippen molar-refractivity contribution in [3.8, 4) is 0 Å². The van der Waals surface area contributed by atoms with Crippen LogP contribution in [0.1, 0.15) is 16.5 Å². The molecule has 1 atom stereocenters. The SMILES string of the molecule is OC(Cc1csc2ccccc12)c1cccs1. The van der Waals surface area contributed by atoms with Crippen molar-refractivity contribution in [1.82, 2.24) is 0 Å². The zero-order valence-corrected chi connectivity index (χ0v) is 10.8. The van der Waals surface area contributed by atoms with Gasteiger partial charge >= 0.3 is 0 Å². The summed E-state index contributed by atoms with van der Waals surface area (Å²) in [4.78, 5) is 1.04. The van der Waals surface area contributed by atoms with Crippen LogP contribution in [-0.2, 0) is 6.42 Å². The molecule has 0 spiro atoms. The molecule has 0 aliphatic heterocycles. The minimum Gasteiger partial charge on any atom is -0.387 e. The molecule has 0 saturated heterocycles. The molecule has 0 fully saturated rings. The van der Waals surface area contributed by atoms with E-state index in [4.69, 9.17) is 0 Å². The van der Waals surface area contributed by atoms with E-state index in [2.05, 4.69) is 29.6 Å². The maximum atomic E-state index is 10.2. The molecule has 3 heteroatoms. The van der Waals surface area contributed by atoms with Crippen molar-refractivity contribution in [1.29, 1.82) is 0 Å². The van der Waals surface area contributed by atoms with Gasteiger partial charge in [-0.3, -0.25) is 0 Å². The van der Waals surface area contributed by atoms with Crippen LogP contribution in [0.15, 0.2) is 47.2 Å². The van der Waals surface area contributed by atoms with E-state index in [1.165, 1.54) is 15.6 Å². The van der Waals surface area contributed by atoms with Crippen molar-refractivity contribution in [2.24, 2.45) is 0 Å². The largest absolute Gasteiger partial charge is 0.387 e. The molecule has 1 unspecified atom stereocenters. The van der Waals surface area contributed by atoms with Gasteiger partial charge in [-0.1, -0.05) is 24.3 Å². The molecule has 1 nitrogen and oxygen atoms in total. The topological polar surface area (TPSA) is 20.2 Å². The summed E-state index contributed by atoms with van der Waals surface area (Å²) >= 11 is 3.36. The van der Waals surface area contributed by atoms with Crippen LogP contribution in [0, 0.1) is 0 Å². The molecule has 0 bridgehead atoms. The molecular weight excluding hydrogens is 248 g/mol. The Morgan fingerprint density at radius 3 is 2.76 bits per heavy atom. The number of hydrogen-bond donors (Lipinski definition) is 1. The summed E-state index contributed by atoms with van der Waals surface area (Å²) in [6.45, 7) is 0. The van der Waals surface area contributed by atoms with Gasteiger partial charge in [0, 0.05) is 16.0 Å². The van der Waals surface area contributed by atoms with Gasteiger partial charge in [-0.05, 0) is 33.8 Å². The molecule has 1 N–H and O–H groups in total. The Kier molecular flexibility index (Phi) is 2.97. The monoisotopic (exact) mass is 260 g/mol. The Bertz CT molecular complexity index is 610. The van der Waals surface area contributed by atoms with E-state index < -0.39 is 0 Å². The summed E-state index contributed by atoms with van der Waals surface area (Å²) in [5, 5.41) is 15.6. The van der Waals surface area contributed by atoms with E-state index in [1.54, 1.807) is 22.7 Å². The fourth-order valence-corrected chi connectivity index (χ4v) is 3.67. The van der Waals surface area contributed by atoms with E-state index in [-0.39, 0.29) is 6.10 Å². The van der Waals surface area contributed by atoms with Crippen molar-refractivity contribution in [2.75, 3.05) is 0 Å². The molecule has 0 saturated carbocycles. The highest BCUT2D eigenvalue weighted by atomic mass is 32.1. The average molecular weight is 260 g/mol. The van der Waals surface area contributed by atoms with Gasteiger partial charge in [0.2, 0.25) is 0 Å². The Balaban J connectivity index is 1.90. The quantitative estimate of drug-likeness (QED) is 0.747. The maximum absolute atomic E-state index is 10.2. The number of rotatable bonds is 3.